The van der Waals surface area contributed by atoms with Crippen LogP contribution in [0.2, 0.25) is 0 Å². The van der Waals surface area contributed by atoms with Gasteiger partial charge in [0.25, 0.3) is 0 Å². The molecule has 2 heterocycles. The third-order valence-corrected chi connectivity index (χ3v) is 4.14. The van der Waals surface area contributed by atoms with Crippen molar-refractivity contribution in [3.8, 4) is 0 Å². The van der Waals surface area contributed by atoms with Crippen molar-refractivity contribution in [3.05, 3.63) is 42.1 Å². The zero-order chi connectivity index (χ0) is 13.5. The summed E-state index contributed by atoms with van der Waals surface area (Å²) in [7, 11) is 0. The van der Waals surface area contributed by atoms with E-state index in [0.29, 0.717) is 5.92 Å². The predicted octanol–water partition coefficient (Wildman–Crippen LogP) is 2.44. The van der Waals surface area contributed by atoms with Gasteiger partial charge in [0, 0.05) is 31.2 Å². The number of likely N-dealkylation sites (tertiary alicyclic amines) is 1. The van der Waals surface area contributed by atoms with Crippen LogP contribution in [0.15, 0.2) is 36.5 Å². The summed E-state index contributed by atoms with van der Waals surface area (Å²) in [4.78, 5) is 6.62. The second-order valence-electron chi connectivity index (χ2n) is 5.93. The maximum absolute atomic E-state index is 10.3. The van der Waals surface area contributed by atoms with Gasteiger partial charge in [-0.15, -0.1) is 0 Å². The van der Waals surface area contributed by atoms with Gasteiger partial charge in [0.15, 0.2) is 0 Å². The van der Waals surface area contributed by atoms with Crippen molar-refractivity contribution in [1.82, 2.24) is 9.88 Å². The minimum atomic E-state index is -0.488. The van der Waals surface area contributed by atoms with Gasteiger partial charge in [-0.1, -0.05) is 26.0 Å². The molecule has 3 heteroatoms. The summed E-state index contributed by atoms with van der Waals surface area (Å²) >= 11 is 0. The van der Waals surface area contributed by atoms with Gasteiger partial charge in [-0.25, -0.2) is 0 Å². The quantitative estimate of drug-likeness (QED) is 0.916. The molecule has 0 saturated carbocycles. The van der Waals surface area contributed by atoms with Crippen molar-refractivity contribution in [2.75, 3.05) is 13.1 Å². The maximum Gasteiger partial charge on any atom is 0.0923 e. The van der Waals surface area contributed by atoms with Gasteiger partial charge < -0.3 is 5.11 Å². The second kappa shape index (κ2) is 4.58. The highest BCUT2D eigenvalue weighted by Crippen LogP contribution is 2.30. The molecule has 1 saturated heterocycles. The predicted molar refractivity (Wildman–Crippen MR) is 76.8 cm³/mol. The number of β-amino-alcohol motifs (C(OH)–C–C–N with tert-alkyl or cyclic N) is 1. The third kappa shape index (κ3) is 2.36. The molecule has 0 radical (unpaired) electrons. The Bertz CT molecular complexity index is 588. The summed E-state index contributed by atoms with van der Waals surface area (Å²) in [6.07, 6.45) is 1.82. The fourth-order valence-electron chi connectivity index (χ4n) is 2.69. The molecule has 0 amide bonds. The SMILES string of the molecule is CC(C)C1(O)CN(Cc2ccc3ncccc3c2)C1. The van der Waals surface area contributed by atoms with E-state index in [1.807, 2.05) is 12.3 Å². The van der Waals surface area contributed by atoms with E-state index in [0.717, 1.165) is 25.2 Å². The lowest BCUT2D eigenvalue weighted by molar-refractivity contribution is -0.130. The minimum Gasteiger partial charge on any atom is -0.387 e. The fraction of sp³-hybridized carbons (Fsp3) is 0.438. The molecule has 1 aliphatic heterocycles. The average molecular weight is 256 g/mol. The van der Waals surface area contributed by atoms with Gasteiger partial charge in [0.2, 0.25) is 0 Å². The van der Waals surface area contributed by atoms with E-state index >= 15 is 0 Å². The Morgan fingerprint density at radius 3 is 2.84 bits per heavy atom. The molecule has 1 fully saturated rings. The zero-order valence-electron chi connectivity index (χ0n) is 11.5. The lowest BCUT2D eigenvalue weighted by Gasteiger charge is -2.49. The molecule has 0 spiro atoms. The normalized spacial score (nSPS) is 18.7. The molecular formula is C16H20N2O. The van der Waals surface area contributed by atoms with E-state index in [9.17, 15) is 5.11 Å². The van der Waals surface area contributed by atoms with E-state index in [4.69, 9.17) is 0 Å². The molecule has 0 bridgehead atoms. The molecule has 19 heavy (non-hydrogen) atoms. The van der Waals surface area contributed by atoms with Crippen molar-refractivity contribution in [1.29, 1.82) is 0 Å². The summed E-state index contributed by atoms with van der Waals surface area (Å²) in [5.41, 5.74) is 1.83. The van der Waals surface area contributed by atoms with Gasteiger partial charge in [-0.2, -0.15) is 0 Å². The molecule has 1 aliphatic rings. The van der Waals surface area contributed by atoms with Crippen LogP contribution in [0.5, 0.6) is 0 Å². The van der Waals surface area contributed by atoms with Crippen LogP contribution in [0.25, 0.3) is 10.9 Å². The Morgan fingerprint density at radius 1 is 1.32 bits per heavy atom. The first-order valence-corrected chi connectivity index (χ1v) is 6.85. The number of benzene rings is 1. The summed E-state index contributed by atoms with van der Waals surface area (Å²) in [6, 6.07) is 10.4. The fourth-order valence-corrected chi connectivity index (χ4v) is 2.69. The molecule has 2 aromatic rings. The van der Waals surface area contributed by atoms with Crippen molar-refractivity contribution >= 4 is 10.9 Å². The Kier molecular flexibility index (Phi) is 3.03. The number of rotatable bonds is 3. The Hall–Kier alpha value is -1.45. The van der Waals surface area contributed by atoms with Crippen LogP contribution in [-0.4, -0.2) is 33.7 Å². The number of hydrogen-bond acceptors (Lipinski definition) is 3. The van der Waals surface area contributed by atoms with E-state index < -0.39 is 5.60 Å². The molecule has 0 aliphatic carbocycles. The molecule has 1 N–H and O–H groups in total. The first-order valence-electron chi connectivity index (χ1n) is 6.85. The first-order chi connectivity index (χ1) is 9.07. The lowest BCUT2D eigenvalue weighted by Crippen LogP contribution is -2.63. The third-order valence-electron chi connectivity index (χ3n) is 4.14. The van der Waals surface area contributed by atoms with Crippen LogP contribution in [-0.2, 0) is 6.54 Å². The highest BCUT2D eigenvalue weighted by Gasteiger charge is 2.43. The molecule has 0 atom stereocenters. The molecule has 3 nitrogen and oxygen atoms in total. The van der Waals surface area contributed by atoms with E-state index in [1.165, 1.54) is 10.9 Å². The molecular weight excluding hydrogens is 236 g/mol. The van der Waals surface area contributed by atoms with Crippen LogP contribution in [0.4, 0.5) is 0 Å². The second-order valence-corrected chi connectivity index (χ2v) is 5.93. The van der Waals surface area contributed by atoms with Crippen molar-refractivity contribution in [3.63, 3.8) is 0 Å². The monoisotopic (exact) mass is 256 g/mol. The lowest BCUT2D eigenvalue weighted by atomic mass is 9.83. The van der Waals surface area contributed by atoms with E-state index in [1.54, 1.807) is 0 Å². The average Bonchev–Trinajstić information content (AvgIpc) is 2.36. The van der Waals surface area contributed by atoms with Crippen LogP contribution < -0.4 is 0 Å². The van der Waals surface area contributed by atoms with Gasteiger partial charge in [-0.05, 0) is 29.7 Å². The zero-order valence-corrected chi connectivity index (χ0v) is 11.5. The van der Waals surface area contributed by atoms with Crippen LogP contribution in [0.3, 0.4) is 0 Å². The molecule has 0 unspecified atom stereocenters. The smallest absolute Gasteiger partial charge is 0.0923 e. The standard InChI is InChI=1S/C16H20N2O/c1-12(2)16(19)10-18(11-16)9-13-5-6-15-14(8-13)4-3-7-17-15/h3-8,12,19H,9-11H2,1-2H3. The van der Waals surface area contributed by atoms with E-state index in [-0.39, 0.29) is 0 Å². The van der Waals surface area contributed by atoms with Gasteiger partial charge >= 0.3 is 0 Å². The number of fused-ring (bicyclic) bond motifs is 1. The largest absolute Gasteiger partial charge is 0.387 e. The highest BCUT2D eigenvalue weighted by atomic mass is 16.3. The molecule has 3 rings (SSSR count). The summed E-state index contributed by atoms with van der Waals surface area (Å²) < 4.78 is 0. The summed E-state index contributed by atoms with van der Waals surface area (Å²) in [6.45, 7) is 6.61. The molecule has 1 aromatic heterocycles. The summed E-state index contributed by atoms with van der Waals surface area (Å²) in [5, 5.41) is 11.4. The van der Waals surface area contributed by atoms with Gasteiger partial charge in [0.1, 0.15) is 0 Å². The Balaban J connectivity index is 1.70. The maximum atomic E-state index is 10.3. The number of aliphatic hydroxyl groups is 1. The first kappa shape index (κ1) is 12.6. The Morgan fingerprint density at radius 2 is 2.11 bits per heavy atom. The van der Waals surface area contributed by atoms with Gasteiger partial charge in [-0.3, -0.25) is 9.88 Å². The van der Waals surface area contributed by atoms with Crippen molar-refractivity contribution in [2.24, 2.45) is 5.92 Å². The summed E-state index contributed by atoms with van der Waals surface area (Å²) in [5.74, 6) is 0.324. The van der Waals surface area contributed by atoms with Crippen molar-refractivity contribution < 1.29 is 5.11 Å². The number of hydrogen-bond donors (Lipinski definition) is 1. The Labute approximate surface area is 113 Å². The molecule has 1 aromatic carbocycles. The van der Waals surface area contributed by atoms with Gasteiger partial charge in [0.05, 0.1) is 11.1 Å². The van der Waals surface area contributed by atoms with Crippen LogP contribution >= 0.6 is 0 Å². The topological polar surface area (TPSA) is 36.4 Å². The highest BCUT2D eigenvalue weighted by molar-refractivity contribution is 5.78. The van der Waals surface area contributed by atoms with Crippen LogP contribution in [0, 0.1) is 5.92 Å². The van der Waals surface area contributed by atoms with E-state index in [2.05, 4.69) is 48.0 Å². The van der Waals surface area contributed by atoms with Crippen molar-refractivity contribution in [2.45, 2.75) is 26.0 Å². The van der Waals surface area contributed by atoms with Crippen LogP contribution in [0.1, 0.15) is 19.4 Å². The number of pyridine rings is 1. The number of aromatic nitrogens is 1. The number of nitrogens with zero attached hydrogens (tertiary/aromatic N) is 2. The minimum absolute atomic E-state index is 0.324. The molecule has 100 valence electrons.